The number of hydrogen-bond acceptors (Lipinski definition) is 4. The van der Waals surface area contributed by atoms with E-state index >= 15 is 0 Å². The van der Waals surface area contributed by atoms with E-state index in [9.17, 15) is 14.7 Å². The van der Waals surface area contributed by atoms with E-state index in [1.54, 1.807) is 24.5 Å². The van der Waals surface area contributed by atoms with Gasteiger partial charge in [-0.3, -0.25) is 19.9 Å². The molecule has 0 saturated heterocycles. The largest absolute Gasteiger partial charge is 0.480 e. The van der Waals surface area contributed by atoms with Crippen LogP contribution in [0.25, 0.3) is 0 Å². The second-order valence-electron chi connectivity index (χ2n) is 5.25. The molecule has 0 aliphatic carbocycles. The van der Waals surface area contributed by atoms with Gasteiger partial charge in [-0.05, 0) is 36.2 Å². The number of carbonyl (C=O) groups excluding carboxylic acids is 1. The standard InChI is InChI=1S/C17H19N3O3/c1-12-4-2-6-14(8-12)20-16(21)9-15(17(22)23)19-11-13-5-3-7-18-10-13/h2-8,10,15,19H,9,11H2,1H3,(H,20,21)(H,22,23)/t15-/m1/s1. The van der Waals surface area contributed by atoms with Gasteiger partial charge in [0.05, 0.1) is 6.42 Å². The highest BCUT2D eigenvalue weighted by atomic mass is 16.4. The summed E-state index contributed by atoms with van der Waals surface area (Å²) in [5.41, 5.74) is 2.54. The predicted octanol–water partition coefficient (Wildman–Crippen LogP) is 1.96. The van der Waals surface area contributed by atoms with E-state index < -0.39 is 12.0 Å². The lowest BCUT2D eigenvalue weighted by atomic mass is 10.1. The monoisotopic (exact) mass is 313 g/mol. The molecule has 1 heterocycles. The number of nitrogens with zero attached hydrogens (tertiary/aromatic N) is 1. The maximum atomic E-state index is 12.0. The second kappa shape index (κ2) is 8.05. The fourth-order valence-electron chi connectivity index (χ4n) is 2.11. The Morgan fingerprint density at radius 1 is 1.26 bits per heavy atom. The zero-order valence-corrected chi connectivity index (χ0v) is 12.8. The molecule has 0 saturated carbocycles. The molecular formula is C17H19N3O3. The van der Waals surface area contributed by atoms with Crippen LogP contribution in [0.5, 0.6) is 0 Å². The molecule has 120 valence electrons. The summed E-state index contributed by atoms with van der Waals surface area (Å²) in [6.45, 7) is 2.26. The Bertz CT molecular complexity index is 674. The van der Waals surface area contributed by atoms with Crippen LogP contribution in [-0.4, -0.2) is 28.0 Å². The molecule has 1 atom stereocenters. The number of carboxylic acids is 1. The smallest absolute Gasteiger partial charge is 0.321 e. The molecule has 1 aromatic heterocycles. The normalized spacial score (nSPS) is 11.7. The number of hydrogen-bond donors (Lipinski definition) is 3. The van der Waals surface area contributed by atoms with Gasteiger partial charge in [0.15, 0.2) is 0 Å². The average Bonchev–Trinajstić information content (AvgIpc) is 2.52. The molecule has 3 N–H and O–H groups in total. The molecule has 0 unspecified atom stereocenters. The van der Waals surface area contributed by atoms with Gasteiger partial charge in [0.2, 0.25) is 5.91 Å². The first kappa shape index (κ1) is 16.6. The zero-order valence-electron chi connectivity index (χ0n) is 12.8. The number of aromatic nitrogens is 1. The summed E-state index contributed by atoms with van der Waals surface area (Å²) >= 11 is 0. The molecule has 0 aliphatic heterocycles. The number of nitrogens with one attached hydrogen (secondary N) is 2. The first-order valence-electron chi connectivity index (χ1n) is 7.26. The van der Waals surface area contributed by atoms with E-state index in [4.69, 9.17) is 0 Å². The fourth-order valence-corrected chi connectivity index (χ4v) is 2.11. The van der Waals surface area contributed by atoms with Crippen molar-refractivity contribution in [2.45, 2.75) is 25.9 Å². The van der Waals surface area contributed by atoms with Gasteiger partial charge in [-0.25, -0.2) is 0 Å². The maximum absolute atomic E-state index is 12.0. The Morgan fingerprint density at radius 3 is 2.74 bits per heavy atom. The highest BCUT2D eigenvalue weighted by Crippen LogP contribution is 2.10. The summed E-state index contributed by atoms with van der Waals surface area (Å²) in [5, 5.41) is 14.8. The number of benzene rings is 1. The van der Waals surface area contributed by atoms with Crippen LogP contribution in [0.3, 0.4) is 0 Å². The fraction of sp³-hybridized carbons (Fsp3) is 0.235. The van der Waals surface area contributed by atoms with Crippen molar-refractivity contribution in [1.29, 1.82) is 0 Å². The number of anilines is 1. The lowest BCUT2D eigenvalue weighted by molar-refractivity contribution is -0.141. The van der Waals surface area contributed by atoms with Crippen LogP contribution in [0, 0.1) is 6.92 Å². The minimum atomic E-state index is -1.06. The number of carboxylic acid groups (broad SMARTS) is 1. The predicted molar refractivity (Wildman–Crippen MR) is 86.9 cm³/mol. The van der Waals surface area contributed by atoms with Gasteiger partial charge < -0.3 is 10.4 Å². The van der Waals surface area contributed by atoms with Crippen molar-refractivity contribution in [3.8, 4) is 0 Å². The zero-order chi connectivity index (χ0) is 16.7. The van der Waals surface area contributed by atoms with Crippen LogP contribution < -0.4 is 10.6 Å². The first-order valence-corrected chi connectivity index (χ1v) is 7.26. The molecule has 2 aromatic rings. The molecule has 6 heteroatoms. The summed E-state index contributed by atoms with van der Waals surface area (Å²) in [5.74, 6) is -1.41. The van der Waals surface area contributed by atoms with Crippen molar-refractivity contribution in [2.75, 3.05) is 5.32 Å². The number of carbonyl (C=O) groups is 2. The summed E-state index contributed by atoms with van der Waals surface area (Å²) in [7, 11) is 0. The molecular weight excluding hydrogens is 294 g/mol. The highest BCUT2D eigenvalue weighted by molar-refractivity contribution is 5.94. The summed E-state index contributed by atoms with van der Waals surface area (Å²) in [6, 6.07) is 10.0. The second-order valence-corrected chi connectivity index (χ2v) is 5.25. The molecule has 0 spiro atoms. The molecule has 2 rings (SSSR count). The Balaban J connectivity index is 1.91. The van der Waals surface area contributed by atoms with Crippen molar-refractivity contribution >= 4 is 17.6 Å². The van der Waals surface area contributed by atoms with Gasteiger partial charge in [-0.2, -0.15) is 0 Å². The van der Waals surface area contributed by atoms with Crippen molar-refractivity contribution in [2.24, 2.45) is 0 Å². The molecule has 0 radical (unpaired) electrons. The molecule has 1 aromatic carbocycles. The minimum absolute atomic E-state index is 0.149. The van der Waals surface area contributed by atoms with Crippen LogP contribution in [0.4, 0.5) is 5.69 Å². The van der Waals surface area contributed by atoms with E-state index in [1.807, 2.05) is 31.2 Å². The molecule has 23 heavy (non-hydrogen) atoms. The van der Waals surface area contributed by atoms with Crippen molar-refractivity contribution in [3.05, 3.63) is 59.9 Å². The Labute approximate surface area is 134 Å². The van der Waals surface area contributed by atoms with Crippen molar-refractivity contribution in [1.82, 2.24) is 10.3 Å². The molecule has 0 fully saturated rings. The van der Waals surface area contributed by atoms with Crippen LogP contribution in [0.1, 0.15) is 17.5 Å². The van der Waals surface area contributed by atoms with E-state index in [-0.39, 0.29) is 12.3 Å². The summed E-state index contributed by atoms with van der Waals surface area (Å²) in [6.07, 6.45) is 3.15. The lowest BCUT2D eigenvalue weighted by Gasteiger charge is -2.14. The Hall–Kier alpha value is -2.73. The third kappa shape index (κ3) is 5.52. The molecule has 6 nitrogen and oxygen atoms in total. The van der Waals surface area contributed by atoms with E-state index in [2.05, 4.69) is 15.6 Å². The van der Waals surface area contributed by atoms with Crippen molar-refractivity contribution in [3.63, 3.8) is 0 Å². The van der Waals surface area contributed by atoms with Crippen LogP contribution >= 0.6 is 0 Å². The van der Waals surface area contributed by atoms with E-state index in [1.165, 1.54) is 0 Å². The number of amides is 1. The quantitative estimate of drug-likeness (QED) is 0.727. The van der Waals surface area contributed by atoms with Gasteiger partial charge in [0, 0.05) is 24.6 Å². The van der Waals surface area contributed by atoms with Crippen LogP contribution in [-0.2, 0) is 16.1 Å². The lowest BCUT2D eigenvalue weighted by Crippen LogP contribution is -2.39. The highest BCUT2D eigenvalue weighted by Gasteiger charge is 2.20. The van der Waals surface area contributed by atoms with Gasteiger partial charge in [0.25, 0.3) is 0 Å². The average molecular weight is 313 g/mol. The number of pyridine rings is 1. The third-order valence-electron chi connectivity index (χ3n) is 3.26. The molecule has 1 amide bonds. The van der Waals surface area contributed by atoms with Gasteiger partial charge in [0.1, 0.15) is 6.04 Å². The minimum Gasteiger partial charge on any atom is -0.480 e. The topological polar surface area (TPSA) is 91.3 Å². The van der Waals surface area contributed by atoms with Crippen LogP contribution in [0.2, 0.25) is 0 Å². The first-order chi connectivity index (χ1) is 11.0. The summed E-state index contributed by atoms with van der Waals surface area (Å²) < 4.78 is 0. The third-order valence-corrected chi connectivity index (χ3v) is 3.26. The van der Waals surface area contributed by atoms with Gasteiger partial charge in [-0.1, -0.05) is 18.2 Å². The number of aryl methyl sites for hydroxylation is 1. The SMILES string of the molecule is Cc1cccc(NC(=O)C[C@@H](NCc2cccnc2)C(=O)O)c1. The Kier molecular flexibility index (Phi) is 5.82. The number of rotatable bonds is 7. The Morgan fingerprint density at radius 2 is 2.09 bits per heavy atom. The summed E-state index contributed by atoms with van der Waals surface area (Å²) in [4.78, 5) is 27.3. The maximum Gasteiger partial charge on any atom is 0.321 e. The van der Waals surface area contributed by atoms with E-state index in [0.29, 0.717) is 12.2 Å². The van der Waals surface area contributed by atoms with E-state index in [0.717, 1.165) is 11.1 Å². The van der Waals surface area contributed by atoms with Crippen molar-refractivity contribution < 1.29 is 14.7 Å². The van der Waals surface area contributed by atoms with Gasteiger partial charge in [-0.15, -0.1) is 0 Å². The number of aliphatic carboxylic acids is 1. The van der Waals surface area contributed by atoms with Crippen LogP contribution in [0.15, 0.2) is 48.8 Å². The van der Waals surface area contributed by atoms with Gasteiger partial charge >= 0.3 is 5.97 Å². The molecule has 0 bridgehead atoms. The molecule has 0 aliphatic rings.